The molecule has 1 aromatic heterocycles. The molecule has 2 aromatic rings. The Morgan fingerprint density at radius 2 is 2.14 bits per heavy atom. The normalized spacial score (nSPS) is 18.4. The van der Waals surface area contributed by atoms with Crippen LogP contribution in [0.15, 0.2) is 35.4 Å². The number of nitrogens with zero attached hydrogens (tertiary/aromatic N) is 2. The molecular weight excluding hydrogens is 378 g/mol. The number of hydrogen-bond acceptors (Lipinski definition) is 4. The van der Waals surface area contributed by atoms with Gasteiger partial charge < -0.3 is 14.6 Å². The van der Waals surface area contributed by atoms with Gasteiger partial charge in [-0.05, 0) is 50.5 Å². The largest absolute Gasteiger partial charge is 0.385 e. The van der Waals surface area contributed by atoms with E-state index in [0.29, 0.717) is 32.5 Å². The number of sulfonamides is 1. The molecule has 1 aliphatic heterocycles. The smallest absolute Gasteiger partial charge is 0.243 e. The van der Waals surface area contributed by atoms with Gasteiger partial charge in [-0.2, -0.15) is 4.31 Å². The number of carbonyl (C=O) groups is 1. The molecule has 1 saturated heterocycles. The fourth-order valence-corrected chi connectivity index (χ4v) is 5.27. The molecule has 0 saturated carbocycles. The molecule has 0 aliphatic carbocycles. The molecule has 0 bridgehead atoms. The molecule has 1 aromatic carbocycles. The number of aryl methyl sites for hydroxylation is 1. The second-order valence-electron chi connectivity index (χ2n) is 7.16. The maximum absolute atomic E-state index is 13.1. The lowest BCUT2D eigenvalue weighted by molar-refractivity contribution is -0.126. The van der Waals surface area contributed by atoms with Gasteiger partial charge in [0.25, 0.3) is 0 Å². The molecule has 8 heteroatoms. The number of amides is 1. The summed E-state index contributed by atoms with van der Waals surface area (Å²) in [6, 6.07) is 7.18. The molecule has 1 amide bonds. The Hall–Kier alpha value is -1.90. The molecule has 0 spiro atoms. The molecule has 28 heavy (non-hydrogen) atoms. The van der Waals surface area contributed by atoms with Gasteiger partial charge in [0, 0.05) is 57.0 Å². The average molecular weight is 408 g/mol. The van der Waals surface area contributed by atoms with E-state index < -0.39 is 10.0 Å². The van der Waals surface area contributed by atoms with E-state index in [1.54, 1.807) is 19.2 Å². The number of carbonyl (C=O) groups excluding carboxylic acids is 1. The van der Waals surface area contributed by atoms with Gasteiger partial charge in [0.15, 0.2) is 0 Å². The topological polar surface area (TPSA) is 80.6 Å². The second kappa shape index (κ2) is 9.07. The van der Waals surface area contributed by atoms with Crippen molar-refractivity contribution in [1.82, 2.24) is 14.2 Å². The Morgan fingerprint density at radius 3 is 2.89 bits per heavy atom. The van der Waals surface area contributed by atoms with Crippen LogP contribution in [0.3, 0.4) is 0 Å². The van der Waals surface area contributed by atoms with Crippen molar-refractivity contribution in [3.05, 3.63) is 30.5 Å². The number of benzene rings is 1. The van der Waals surface area contributed by atoms with E-state index in [4.69, 9.17) is 4.74 Å². The van der Waals surface area contributed by atoms with Gasteiger partial charge in [-0.1, -0.05) is 0 Å². The van der Waals surface area contributed by atoms with E-state index in [0.717, 1.165) is 23.9 Å². The van der Waals surface area contributed by atoms with Crippen LogP contribution >= 0.6 is 0 Å². The van der Waals surface area contributed by atoms with Gasteiger partial charge in [0.2, 0.25) is 15.9 Å². The highest BCUT2D eigenvalue weighted by molar-refractivity contribution is 7.89. The number of hydrogen-bond donors (Lipinski definition) is 1. The third-order valence-electron chi connectivity index (χ3n) is 5.30. The lowest BCUT2D eigenvalue weighted by atomic mass is 9.99. The Labute approximate surface area is 166 Å². The number of methoxy groups -OCH3 is 1. The highest BCUT2D eigenvalue weighted by atomic mass is 32.2. The van der Waals surface area contributed by atoms with Crippen molar-refractivity contribution in [2.24, 2.45) is 5.92 Å². The number of piperidine rings is 1. The first kappa shape index (κ1) is 20.8. The van der Waals surface area contributed by atoms with Crippen molar-refractivity contribution in [2.45, 2.75) is 37.6 Å². The standard InChI is InChI=1S/C20H29N3O4S/c1-3-22-12-9-16-14-18(7-8-19(16)22)28(25,26)23-11-4-6-17(15-23)20(24)21-10-5-13-27-2/h7-9,12,14,17H,3-6,10-11,13,15H2,1-2H3,(H,21,24)/t17-/m0/s1. The van der Waals surface area contributed by atoms with Crippen LogP contribution in [-0.4, -0.2) is 56.5 Å². The molecule has 154 valence electrons. The summed E-state index contributed by atoms with van der Waals surface area (Å²) in [6.45, 7) is 4.70. The SMILES string of the molecule is CCn1ccc2cc(S(=O)(=O)N3CCC[C@H](C(=O)NCCCOC)C3)ccc21. The van der Waals surface area contributed by atoms with Gasteiger partial charge in [-0.15, -0.1) is 0 Å². The molecular formula is C20H29N3O4S. The first-order chi connectivity index (χ1) is 13.5. The zero-order chi connectivity index (χ0) is 20.1. The molecule has 3 rings (SSSR count). The summed E-state index contributed by atoms with van der Waals surface area (Å²) in [7, 11) is -2.00. The second-order valence-corrected chi connectivity index (χ2v) is 9.10. The lowest BCUT2D eigenvalue weighted by Gasteiger charge is -2.31. The van der Waals surface area contributed by atoms with Crippen LogP contribution in [0.2, 0.25) is 0 Å². The monoisotopic (exact) mass is 407 g/mol. The molecule has 1 aliphatic rings. The van der Waals surface area contributed by atoms with Crippen LogP contribution in [0.5, 0.6) is 0 Å². The summed E-state index contributed by atoms with van der Waals surface area (Å²) < 4.78 is 34.8. The Balaban J connectivity index is 1.71. The van der Waals surface area contributed by atoms with Crippen LogP contribution in [0.1, 0.15) is 26.2 Å². The average Bonchev–Trinajstić information content (AvgIpc) is 3.13. The zero-order valence-electron chi connectivity index (χ0n) is 16.6. The van der Waals surface area contributed by atoms with E-state index in [2.05, 4.69) is 16.8 Å². The third kappa shape index (κ3) is 4.39. The Morgan fingerprint density at radius 1 is 1.32 bits per heavy atom. The van der Waals surface area contributed by atoms with Gasteiger partial charge in [0.05, 0.1) is 10.8 Å². The fourth-order valence-electron chi connectivity index (χ4n) is 3.71. The van der Waals surface area contributed by atoms with Crippen molar-refractivity contribution in [3.8, 4) is 0 Å². The maximum Gasteiger partial charge on any atom is 0.243 e. The van der Waals surface area contributed by atoms with Gasteiger partial charge in [-0.25, -0.2) is 8.42 Å². The predicted octanol–water partition coefficient (Wildman–Crippen LogP) is 2.21. The van der Waals surface area contributed by atoms with Crippen molar-refractivity contribution in [1.29, 1.82) is 0 Å². The zero-order valence-corrected chi connectivity index (χ0v) is 17.4. The molecule has 0 radical (unpaired) electrons. The minimum atomic E-state index is -3.62. The number of ether oxygens (including phenoxy) is 1. The highest BCUT2D eigenvalue weighted by Gasteiger charge is 2.33. The Kier molecular flexibility index (Phi) is 6.74. The number of rotatable bonds is 8. The Bertz CT molecular complexity index is 923. The maximum atomic E-state index is 13.1. The predicted molar refractivity (Wildman–Crippen MR) is 109 cm³/mol. The van der Waals surface area contributed by atoms with Crippen molar-refractivity contribution in [2.75, 3.05) is 33.4 Å². The molecule has 7 nitrogen and oxygen atoms in total. The van der Waals surface area contributed by atoms with E-state index in [1.807, 2.05) is 18.3 Å². The summed E-state index contributed by atoms with van der Waals surface area (Å²) in [5.74, 6) is -0.387. The third-order valence-corrected chi connectivity index (χ3v) is 7.16. The van der Waals surface area contributed by atoms with E-state index in [1.165, 1.54) is 4.31 Å². The summed E-state index contributed by atoms with van der Waals surface area (Å²) in [6.07, 6.45) is 4.10. The molecule has 1 fully saturated rings. The van der Waals surface area contributed by atoms with Crippen LogP contribution < -0.4 is 5.32 Å². The number of nitrogens with one attached hydrogen (secondary N) is 1. The van der Waals surface area contributed by atoms with Gasteiger partial charge in [-0.3, -0.25) is 4.79 Å². The molecule has 1 atom stereocenters. The van der Waals surface area contributed by atoms with Crippen molar-refractivity contribution in [3.63, 3.8) is 0 Å². The first-order valence-corrected chi connectivity index (χ1v) is 11.3. The molecule has 0 unspecified atom stereocenters. The quantitative estimate of drug-likeness (QED) is 0.681. The minimum absolute atomic E-state index is 0.0773. The summed E-state index contributed by atoms with van der Waals surface area (Å²) in [5, 5.41) is 3.80. The number of aromatic nitrogens is 1. The van der Waals surface area contributed by atoms with Gasteiger partial charge in [0.1, 0.15) is 0 Å². The summed E-state index contributed by atoms with van der Waals surface area (Å²) in [4.78, 5) is 12.7. The summed E-state index contributed by atoms with van der Waals surface area (Å²) >= 11 is 0. The fraction of sp³-hybridized carbons (Fsp3) is 0.550. The van der Waals surface area contributed by atoms with Crippen LogP contribution in [0, 0.1) is 5.92 Å². The van der Waals surface area contributed by atoms with E-state index in [-0.39, 0.29) is 23.3 Å². The van der Waals surface area contributed by atoms with Gasteiger partial charge >= 0.3 is 0 Å². The number of fused-ring (bicyclic) bond motifs is 1. The molecule has 1 N–H and O–H groups in total. The van der Waals surface area contributed by atoms with E-state index in [9.17, 15) is 13.2 Å². The summed E-state index contributed by atoms with van der Waals surface area (Å²) in [5.41, 5.74) is 1.02. The highest BCUT2D eigenvalue weighted by Crippen LogP contribution is 2.26. The molecule has 2 heterocycles. The lowest BCUT2D eigenvalue weighted by Crippen LogP contribution is -2.45. The van der Waals surface area contributed by atoms with Crippen LogP contribution in [0.25, 0.3) is 10.9 Å². The van der Waals surface area contributed by atoms with E-state index >= 15 is 0 Å². The van der Waals surface area contributed by atoms with Crippen molar-refractivity contribution >= 4 is 26.8 Å². The first-order valence-electron chi connectivity index (χ1n) is 9.83. The van der Waals surface area contributed by atoms with Crippen LogP contribution in [0.4, 0.5) is 0 Å². The van der Waals surface area contributed by atoms with Crippen molar-refractivity contribution < 1.29 is 17.9 Å². The minimum Gasteiger partial charge on any atom is -0.385 e. The van der Waals surface area contributed by atoms with Crippen LogP contribution in [-0.2, 0) is 26.1 Å².